The number of carbonyl (C=O) groups is 2. The summed E-state index contributed by atoms with van der Waals surface area (Å²) in [7, 11) is 1.61. The summed E-state index contributed by atoms with van der Waals surface area (Å²) in [6.45, 7) is 2.23. The lowest BCUT2D eigenvalue weighted by Gasteiger charge is -2.18. The van der Waals surface area contributed by atoms with Crippen molar-refractivity contribution < 1.29 is 14.9 Å². The van der Waals surface area contributed by atoms with Gasteiger partial charge < -0.3 is 15.5 Å². The van der Waals surface area contributed by atoms with E-state index in [0.29, 0.717) is 15.7 Å². The van der Waals surface area contributed by atoms with E-state index in [9.17, 15) is 9.59 Å². The fourth-order valence-corrected chi connectivity index (χ4v) is 2.70. The van der Waals surface area contributed by atoms with Crippen LogP contribution >= 0.6 is 23.2 Å². The number of carbonyl (C=O) groups excluding carboxylic acids is 2. The SMILES string of the molecule is C[C@@H]([NH2+]CC(=O)N(C)CC(=O)Nc1ccccc1Cl)c1ccc(Cl)cc1. The smallest absolute Gasteiger partial charge is 0.277 e. The van der Waals surface area contributed by atoms with Crippen molar-refractivity contribution in [1.82, 2.24) is 4.90 Å². The third-order valence-corrected chi connectivity index (χ3v) is 4.58. The summed E-state index contributed by atoms with van der Waals surface area (Å²) in [6.07, 6.45) is 0. The summed E-state index contributed by atoms with van der Waals surface area (Å²) < 4.78 is 0. The largest absolute Gasteiger partial charge is 0.333 e. The molecule has 0 aromatic heterocycles. The average Bonchev–Trinajstić information content (AvgIpc) is 2.61. The lowest BCUT2D eigenvalue weighted by atomic mass is 10.1. The molecule has 2 amide bonds. The molecule has 0 saturated heterocycles. The first-order chi connectivity index (χ1) is 12.4. The van der Waals surface area contributed by atoms with Crippen LogP contribution in [-0.4, -0.2) is 36.9 Å². The number of rotatable bonds is 7. The molecule has 0 heterocycles. The Morgan fingerprint density at radius 2 is 1.77 bits per heavy atom. The molecule has 0 aliphatic carbocycles. The molecule has 0 unspecified atom stereocenters. The third-order valence-electron chi connectivity index (χ3n) is 4.00. The van der Waals surface area contributed by atoms with Gasteiger partial charge in [0, 0.05) is 17.6 Å². The van der Waals surface area contributed by atoms with Gasteiger partial charge in [0.25, 0.3) is 5.91 Å². The highest BCUT2D eigenvalue weighted by molar-refractivity contribution is 6.33. The van der Waals surface area contributed by atoms with Crippen molar-refractivity contribution in [1.29, 1.82) is 0 Å². The molecule has 0 aliphatic heterocycles. The summed E-state index contributed by atoms with van der Waals surface area (Å²) in [5.74, 6) is -0.417. The van der Waals surface area contributed by atoms with E-state index in [1.807, 2.05) is 36.5 Å². The zero-order valence-electron chi connectivity index (χ0n) is 14.7. The number of hydrogen-bond donors (Lipinski definition) is 2. The van der Waals surface area contributed by atoms with Gasteiger partial charge in [-0.15, -0.1) is 0 Å². The van der Waals surface area contributed by atoms with Crippen molar-refractivity contribution in [2.45, 2.75) is 13.0 Å². The predicted octanol–water partition coefficient (Wildman–Crippen LogP) is 2.71. The maximum absolute atomic E-state index is 12.3. The van der Waals surface area contributed by atoms with Gasteiger partial charge in [-0.2, -0.15) is 0 Å². The molecule has 2 rings (SSSR count). The molecular weight excluding hydrogens is 373 g/mol. The van der Waals surface area contributed by atoms with Crippen LogP contribution in [0.1, 0.15) is 18.5 Å². The van der Waals surface area contributed by atoms with E-state index in [1.165, 1.54) is 4.90 Å². The predicted molar refractivity (Wildman–Crippen MR) is 104 cm³/mol. The van der Waals surface area contributed by atoms with Gasteiger partial charge in [0.15, 0.2) is 6.54 Å². The number of nitrogens with zero attached hydrogens (tertiary/aromatic N) is 1. The van der Waals surface area contributed by atoms with Gasteiger partial charge in [0.2, 0.25) is 5.91 Å². The van der Waals surface area contributed by atoms with Crippen molar-refractivity contribution in [3.8, 4) is 0 Å². The topological polar surface area (TPSA) is 66.0 Å². The van der Waals surface area contributed by atoms with Crippen molar-refractivity contribution >= 4 is 40.7 Å². The number of likely N-dealkylation sites (N-methyl/N-ethyl adjacent to an activating group) is 1. The maximum atomic E-state index is 12.3. The zero-order valence-corrected chi connectivity index (χ0v) is 16.2. The third kappa shape index (κ3) is 6.02. The molecule has 0 saturated carbocycles. The van der Waals surface area contributed by atoms with Crippen molar-refractivity contribution in [3.05, 3.63) is 64.1 Å². The highest BCUT2D eigenvalue weighted by atomic mass is 35.5. The Bertz CT molecular complexity index is 766. The van der Waals surface area contributed by atoms with Crippen LogP contribution in [0.25, 0.3) is 0 Å². The van der Waals surface area contributed by atoms with Gasteiger partial charge in [-0.05, 0) is 31.2 Å². The van der Waals surface area contributed by atoms with Gasteiger partial charge >= 0.3 is 0 Å². The Labute approximate surface area is 163 Å². The van der Waals surface area contributed by atoms with E-state index in [1.54, 1.807) is 31.3 Å². The number of halogens is 2. The second kappa shape index (κ2) is 9.57. The minimum atomic E-state index is -0.292. The molecule has 2 aromatic rings. The molecule has 0 spiro atoms. The highest BCUT2D eigenvalue weighted by Gasteiger charge is 2.17. The molecular formula is C19H22Cl2N3O2+. The van der Waals surface area contributed by atoms with Gasteiger partial charge in [0.1, 0.15) is 6.04 Å². The summed E-state index contributed by atoms with van der Waals surface area (Å²) in [5.41, 5.74) is 1.62. The van der Waals surface area contributed by atoms with Crippen LogP contribution in [-0.2, 0) is 9.59 Å². The Kier molecular flexibility index (Phi) is 7.45. The van der Waals surface area contributed by atoms with E-state index < -0.39 is 0 Å². The van der Waals surface area contributed by atoms with Crippen LogP contribution in [0.3, 0.4) is 0 Å². The number of anilines is 1. The summed E-state index contributed by atoms with van der Waals surface area (Å²) >= 11 is 11.9. The number of nitrogens with two attached hydrogens (primary N) is 1. The molecule has 0 bridgehead atoms. The van der Waals surface area contributed by atoms with Gasteiger partial charge in [-0.25, -0.2) is 0 Å². The zero-order chi connectivity index (χ0) is 19.1. The molecule has 3 N–H and O–H groups in total. The van der Waals surface area contributed by atoms with Crippen LogP contribution in [0.4, 0.5) is 5.69 Å². The first-order valence-electron chi connectivity index (χ1n) is 8.24. The maximum Gasteiger partial charge on any atom is 0.277 e. The summed E-state index contributed by atoms with van der Waals surface area (Å²) in [4.78, 5) is 25.7. The average molecular weight is 395 g/mol. The highest BCUT2D eigenvalue weighted by Crippen LogP contribution is 2.20. The van der Waals surface area contributed by atoms with Crippen molar-refractivity contribution in [3.63, 3.8) is 0 Å². The molecule has 138 valence electrons. The molecule has 26 heavy (non-hydrogen) atoms. The van der Waals surface area contributed by atoms with Crippen LogP contribution in [0, 0.1) is 0 Å². The lowest BCUT2D eigenvalue weighted by Crippen LogP contribution is -2.87. The van der Waals surface area contributed by atoms with E-state index >= 15 is 0 Å². The Balaban J connectivity index is 1.80. The number of para-hydroxylation sites is 1. The standard InChI is InChI=1S/C19H21Cl2N3O2/c1-13(14-7-9-15(20)10-8-14)22-11-19(26)24(2)12-18(25)23-17-6-4-3-5-16(17)21/h3-10,13,22H,11-12H2,1-2H3,(H,23,25)/p+1/t13-/m1/s1. The fourth-order valence-electron chi connectivity index (χ4n) is 2.39. The van der Waals surface area contributed by atoms with Crippen LogP contribution < -0.4 is 10.6 Å². The Morgan fingerprint density at radius 3 is 2.42 bits per heavy atom. The second-order valence-corrected chi connectivity index (χ2v) is 6.90. The molecule has 1 atom stereocenters. The molecule has 5 nitrogen and oxygen atoms in total. The molecule has 0 aliphatic rings. The second-order valence-electron chi connectivity index (χ2n) is 6.06. The minimum absolute atomic E-state index is 0.0345. The van der Waals surface area contributed by atoms with Crippen molar-refractivity contribution in [2.75, 3.05) is 25.5 Å². The molecule has 0 fully saturated rings. The molecule has 7 heteroatoms. The number of amides is 2. The normalized spacial score (nSPS) is 11.7. The molecule has 2 aromatic carbocycles. The van der Waals surface area contributed by atoms with E-state index in [2.05, 4.69) is 5.32 Å². The summed E-state index contributed by atoms with van der Waals surface area (Å²) in [5, 5.41) is 5.77. The number of quaternary nitrogens is 1. The first kappa shape index (κ1) is 20.2. The Hall–Kier alpha value is -2.08. The van der Waals surface area contributed by atoms with E-state index in [-0.39, 0.29) is 30.9 Å². The quantitative estimate of drug-likeness (QED) is 0.757. The fraction of sp³-hybridized carbons (Fsp3) is 0.263. The van der Waals surface area contributed by atoms with Gasteiger partial charge in [-0.1, -0.05) is 47.5 Å². The first-order valence-corrected chi connectivity index (χ1v) is 8.99. The Morgan fingerprint density at radius 1 is 1.12 bits per heavy atom. The minimum Gasteiger partial charge on any atom is -0.333 e. The number of nitrogens with one attached hydrogen (secondary N) is 1. The van der Waals surface area contributed by atoms with Crippen LogP contribution in [0.5, 0.6) is 0 Å². The van der Waals surface area contributed by atoms with Gasteiger partial charge in [-0.3, -0.25) is 9.59 Å². The number of hydrogen-bond acceptors (Lipinski definition) is 2. The van der Waals surface area contributed by atoms with Crippen LogP contribution in [0.2, 0.25) is 10.0 Å². The number of benzene rings is 2. The van der Waals surface area contributed by atoms with E-state index in [4.69, 9.17) is 23.2 Å². The lowest BCUT2D eigenvalue weighted by molar-refractivity contribution is -0.683. The van der Waals surface area contributed by atoms with E-state index in [0.717, 1.165) is 5.56 Å². The monoisotopic (exact) mass is 394 g/mol. The molecule has 0 radical (unpaired) electrons. The summed E-state index contributed by atoms with van der Waals surface area (Å²) in [6, 6.07) is 14.6. The van der Waals surface area contributed by atoms with Crippen molar-refractivity contribution in [2.24, 2.45) is 0 Å². The van der Waals surface area contributed by atoms with Crippen LogP contribution in [0.15, 0.2) is 48.5 Å². The van der Waals surface area contributed by atoms with Gasteiger partial charge in [0.05, 0.1) is 17.3 Å².